The maximum atomic E-state index is 6.72. The SMILES string of the molecule is c1ccc(-c2ccc(N(c3ccc4c(c3)C3(c5ccccc5Oc5ccccc53)c3ccc5ccccc5c3-4)c3cccc4sc5ccccc5c34)cc2)cc1. The number of hydrogen-bond donors (Lipinski definition) is 0. The van der Waals surface area contributed by atoms with Gasteiger partial charge in [0, 0.05) is 42.7 Å². The van der Waals surface area contributed by atoms with Crippen LogP contribution in [0.15, 0.2) is 200 Å². The summed E-state index contributed by atoms with van der Waals surface area (Å²) in [7, 11) is 0. The molecule has 0 atom stereocenters. The van der Waals surface area contributed by atoms with Gasteiger partial charge in [-0.2, -0.15) is 0 Å². The number of thiophene rings is 1. The zero-order chi connectivity index (χ0) is 36.8. The molecule has 0 N–H and O–H groups in total. The molecule has 262 valence electrons. The van der Waals surface area contributed by atoms with Gasteiger partial charge in [0.25, 0.3) is 0 Å². The summed E-state index contributed by atoms with van der Waals surface area (Å²) < 4.78 is 9.28. The highest BCUT2D eigenvalue weighted by molar-refractivity contribution is 7.26. The third kappa shape index (κ3) is 4.38. The number of rotatable bonds is 4. The Labute approximate surface area is 329 Å². The molecule has 12 rings (SSSR count). The summed E-state index contributed by atoms with van der Waals surface area (Å²) in [5.41, 5.74) is 12.6. The molecule has 0 bridgehead atoms. The zero-order valence-electron chi connectivity index (χ0n) is 30.3. The monoisotopic (exact) mass is 731 g/mol. The van der Waals surface area contributed by atoms with E-state index in [1.807, 2.05) is 11.3 Å². The molecule has 1 spiro atoms. The lowest BCUT2D eigenvalue weighted by Crippen LogP contribution is -2.32. The van der Waals surface area contributed by atoms with Crippen LogP contribution in [0, 0.1) is 0 Å². The Morgan fingerprint density at radius 2 is 1.07 bits per heavy atom. The molecule has 0 radical (unpaired) electrons. The van der Waals surface area contributed by atoms with E-state index in [9.17, 15) is 0 Å². The first-order chi connectivity index (χ1) is 27.8. The summed E-state index contributed by atoms with van der Waals surface area (Å²) in [6.45, 7) is 0. The van der Waals surface area contributed by atoms with Crippen molar-refractivity contribution in [2.75, 3.05) is 4.90 Å². The maximum Gasteiger partial charge on any atom is 0.132 e. The van der Waals surface area contributed by atoms with Gasteiger partial charge in [-0.25, -0.2) is 0 Å². The van der Waals surface area contributed by atoms with E-state index in [0.717, 1.165) is 39.7 Å². The van der Waals surface area contributed by atoms with Gasteiger partial charge in [-0.3, -0.25) is 0 Å². The number of benzene rings is 9. The van der Waals surface area contributed by atoms with Gasteiger partial charge in [-0.05, 0) is 98.8 Å². The lowest BCUT2D eigenvalue weighted by atomic mass is 9.66. The van der Waals surface area contributed by atoms with Gasteiger partial charge >= 0.3 is 0 Å². The normalized spacial score (nSPS) is 13.3. The van der Waals surface area contributed by atoms with Crippen LogP contribution in [0.25, 0.3) is 53.2 Å². The topological polar surface area (TPSA) is 12.5 Å². The first kappa shape index (κ1) is 31.4. The summed E-state index contributed by atoms with van der Waals surface area (Å²) in [4.78, 5) is 2.47. The molecule has 1 aromatic heterocycles. The van der Waals surface area contributed by atoms with Crippen molar-refractivity contribution in [3.05, 3.63) is 222 Å². The van der Waals surface area contributed by atoms with Crippen LogP contribution in [-0.4, -0.2) is 0 Å². The fourth-order valence-corrected chi connectivity index (χ4v) is 10.7. The molecule has 1 aliphatic carbocycles. The second-order valence-electron chi connectivity index (χ2n) is 14.8. The van der Waals surface area contributed by atoms with Crippen molar-refractivity contribution in [2.24, 2.45) is 0 Å². The summed E-state index contributed by atoms with van der Waals surface area (Å²) >= 11 is 1.86. The number of para-hydroxylation sites is 2. The molecule has 2 nitrogen and oxygen atoms in total. The van der Waals surface area contributed by atoms with Gasteiger partial charge < -0.3 is 9.64 Å². The third-order valence-electron chi connectivity index (χ3n) is 11.9. The fraction of sp³-hybridized carbons (Fsp3) is 0.0189. The van der Waals surface area contributed by atoms with Crippen LogP contribution in [0.4, 0.5) is 17.1 Å². The zero-order valence-corrected chi connectivity index (χ0v) is 31.1. The lowest BCUT2D eigenvalue weighted by molar-refractivity contribution is 0.436. The van der Waals surface area contributed by atoms with Crippen LogP contribution < -0.4 is 9.64 Å². The maximum absolute atomic E-state index is 6.72. The Bertz CT molecular complexity index is 3130. The molecular weight excluding hydrogens is 699 g/mol. The van der Waals surface area contributed by atoms with E-state index in [2.05, 4.69) is 205 Å². The minimum absolute atomic E-state index is 0.597. The molecule has 3 heteroatoms. The van der Waals surface area contributed by atoms with Gasteiger partial charge in [0.1, 0.15) is 11.5 Å². The van der Waals surface area contributed by atoms with Gasteiger partial charge in [-0.1, -0.05) is 146 Å². The number of anilines is 3. The first-order valence-corrected chi connectivity index (χ1v) is 20.0. The van der Waals surface area contributed by atoms with Gasteiger partial charge in [0.15, 0.2) is 0 Å². The van der Waals surface area contributed by atoms with Crippen LogP contribution in [0.2, 0.25) is 0 Å². The molecule has 0 amide bonds. The van der Waals surface area contributed by atoms with Crippen LogP contribution in [0.5, 0.6) is 11.5 Å². The van der Waals surface area contributed by atoms with E-state index in [-0.39, 0.29) is 0 Å². The van der Waals surface area contributed by atoms with Gasteiger partial charge in [0.2, 0.25) is 0 Å². The van der Waals surface area contributed by atoms with Gasteiger partial charge in [0.05, 0.1) is 11.1 Å². The second-order valence-corrected chi connectivity index (χ2v) is 15.9. The molecule has 0 fully saturated rings. The van der Waals surface area contributed by atoms with Crippen LogP contribution >= 0.6 is 11.3 Å². The van der Waals surface area contributed by atoms with E-state index in [1.165, 1.54) is 64.3 Å². The molecule has 0 saturated carbocycles. The van der Waals surface area contributed by atoms with Crippen molar-refractivity contribution < 1.29 is 4.74 Å². The predicted octanol–water partition coefficient (Wildman–Crippen LogP) is 14.8. The average molecular weight is 732 g/mol. The minimum Gasteiger partial charge on any atom is -0.457 e. The van der Waals surface area contributed by atoms with Crippen molar-refractivity contribution in [1.82, 2.24) is 0 Å². The second kappa shape index (κ2) is 12.0. The Hall–Kier alpha value is -6.94. The van der Waals surface area contributed by atoms with Crippen LogP contribution in [0.1, 0.15) is 22.3 Å². The molecule has 0 unspecified atom stereocenters. The summed E-state index contributed by atoms with van der Waals surface area (Å²) in [6.07, 6.45) is 0. The Kier molecular flexibility index (Phi) is 6.75. The highest BCUT2D eigenvalue weighted by Crippen LogP contribution is 2.64. The van der Waals surface area contributed by atoms with E-state index in [0.29, 0.717) is 0 Å². The summed E-state index contributed by atoms with van der Waals surface area (Å²) in [6, 6.07) is 73.2. The van der Waals surface area contributed by atoms with E-state index < -0.39 is 5.41 Å². The van der Waals surface area contributed by atoms with Crippen molar-refractivity contribution in [1.29, 1.82) is 0 Å². The smallest absolute Gasteiger partial charge is 0.132 e. The van der Waals surface area contributed by atoms with Crippen LogP contribution in [0.3, 0.4) is 0 Å². The Balaban J connectivity index is 1.17. The highest BCUT2D eigenvalue weighted by atomic mass is 32.1. The highest BCUT2D eigenvalue weighted by Gasteiger charge is 2.51. The number of ether oxygens (including phenoxy) is 1. The van der Waals surface area contributed by atoms with Crippen LogP contribution in [-0.2, 0) is 5.41 Å². The van der Waals surface area contributed by atoms with E-state index >= 15 is 0 Å². The van der Waals surface area contributed by atoms with Crippen molar-refractivity contribution >= 4 is 59.3 Å². The molecular formula is C53H33NOS. The van der Waals surface area contributed by atoms with Crippen molar-refractivity contribution in [3.8, 4) is 33.8 Å². The fourth-order valence-electron chi connectivity index (χ4n) is 9.60. The first-order valence-electron chi connectivity index (χ1n) is 19.2. The molecule has 2 aliphatic rings. The van der Waals surface area contributed by atoms with E-state index in [1.54, 1.807) is 0 Å². The number of hydrogen-bond acceptors (Lipinski definition) is 3. The molecule has 56 heavy (non-hydrogen) atoms. The number of nitrogens with zero attached hydrogens (tertiary/aromatic N) is 1. The molecule has 2 heterocycles. The lowest BCUT2D eigenvalue weighted by Gasteiger charge is -2.39. The van der Waals surface area contributed by atoms with Crippen molar-refractivity contribution in [3.63, 3.8) is 0 Å². The quantitative estimate of drug-likeness (QED) is 0.179. The molecule has 0 saturated heterocycles. The van der Waals surface area contributed by atoms with E-state index in [4.69, 9.17) is 4.74 Å². The van der Waals surface area contributed by atoms with Crippen molar-refractivity contribution in [2.45, 2.75) is 5.41 Å². The Morgan fingerprint density at radius 3 is 1.88 bits per heavy atom. The minimum atomic E-state index is -0.597. The molecule has 10 aromatic rings. The largest absolute Gasteiger partial charge is 0.457 e. The summed E-state index contributed by atoms with van der Waals surface area (Å²) in [5, 5.41) is 5.05. The average Bonchev–Trinajstić information content (AvgIpc) is 3.79. The Morgan fingerprint density at radius 1 is 0.429 bits per heavy atom. The third-order valence-corrected chi connectivity index (χ3v) is 13.1. The molecule has 9 aromatic carbocycles. The predicted molar refractivity (Wildman–Crippen MR) is 234 cm³/mol. The standard InChI is InChI=1S/C53H33NOS/c1-2-13-34(14-3-1)35-25-28-37(29-26-35)54(46-20-12-24-50-52(46)41-17-6-11-23-49(41)56-50)38-30-31-40-45(33-38)53(44-32-27-36-15-4-5-16-39(36)51(40)44)42-18-7-9-21-47(42)55-48-22-10-8-19-43(48)53/h1-33H. The molecule has 1 aliphatic heterocycles. The van der Waals surface area contributed by atoms with Gasteiger partial charge in [-0.15, -0.1) is 11.3 Å². The summed E-state index contributed by atoms with van der Waals surface area (Å²) in [5.74, 6) is 1.79. The number of fused-ring (bicyclic) bond motifs is 14.